The van der Waals surface area contributed by atoms with Crippen molar-refractivity contribution in [3.05, 3.63) is 47.3 Å². The molecule has 166 valence electrons. The van der Waals surface area contributed by atoms with E-state index in [1.165, 1.54) is 0 Å². The average Bonchev–Trinajstić information content (AvgIpc) is 2.99. The lowest BCUT2D eigenvalue weighted by molar-refractivity contribution is -0.129. The number of ether oxygens (including phenoxy) is 1. The number of hydrogen-bond acceptors (Lipinski definition) is 4. The van der Waals surface area contributed by atoms with Crippen LogP contribution in [0.15, 0.2) is 30.3 Å². The monoisotopic (exact) mass is 424 g/mol. The van der Waals surface area contributed by atoms with E-state index in [1.807, 2.05) is 62.8 Å². The van der Waals surface area contributed by atoms with Crippen LogP contribution in [-0.4, -0.2) is 45.7 Å². The minimum atomic E-state index is -0.439. The Morgan fingerprint density at radius 1 is 1.32 bits per heavy atom. The van der Waals surface area contributed by atoms with Gasteiger partial charge in [-0.1, -0.05) is 25.1 Å². The van der Waals surface area contributed by atoms with Gasteiger partial charge in [0.15, 0.2) is 0 Å². The lowest BCUT2D eigenvalue weighted by Gasteiger charge is -2.42. The van der Waals surface area contributed by atoms with Crippen LogP contribution in [0.25, 0.3) is 0 Å². The van der Waals surface area contributed by atoms with E-state index in [-0.39, 0.29) is 23.8 Å². The number of nitrogens with zero attached hydrogens (tertiary/aromatic N) is 3. The minimum absolute atomic E-state index is 0.00576. The minimum Gasteiger partial charge on any atom is -0.487 e. The molecule has 3 atom stereocenters. The summed E-state index contributed by atoms with van der Waals surface area (Å²) in [6, 6.07) is 9.80. The highest BCUT2D eigenvalue weighted by molar-refractivity contribution is 5.79. The second-order valence-electron chi connectivity index (χ2n) is 9.16. The molecule has 0 bridgehead atoms. The molecule has 0 unspecified atom stereocenters. The largest absolute Gasteiger partial charge is 0.487 e. The van der Waals surface area contributed by atoms with Crippen LogP contribution in [0.1, 0.15) is 55.6 Å². The molecular weight excluding hydrogens is 392 g/mol. The zero-order valence-electron chi connectivity index (χ0n) is 18.9. The SMILES string of the molecule is Cc1cc(C)n(C[C@H](C)C(=O)N[C@@H]2C[C@]3(CCC(=O)N(C)CC3)Oc3ccccc32)n1. The van der Waals surface area contributed by atoms with Gasteiger partial charge in [-0.3, -0.25) is 14.3 Å². The second-order valence-corrected chi connectivity index (χ2v) is 9.16. The van der Waals surface area contributed by atoms with Gasteiger partial charge in [0.1, 0.15) is 11.4 Å². The molecule has 31 heavy (non-hydrogen) atoms. The fourth-order valence-electron chi connectivity index (χ4n) is 4.72. The maximum atomic E-state index is 13.1. The number of para-hydroxylation sites is 1. The third kappa shape index (κ3) is 4.45. The Kier molecular flexibility index (Phi) is 5.77. The van der Waals surface area contributed by atoms with Gasteiger partial charge in [0.2, 0.25) is 11.8 Å². The fourth-order valence-corrected chi connectivity index (χ4v) is 4.72. The normalized spacial score (nSPS) is 24.3. The summed E-state index contributed by atoms with van der Waals surface area (Å²) in [6.45, 7) is 7.11. The molecular formula is C24H32N4O3. The van der Waals surface area contributed by atoms with Crippen LogP contribution in [0.2, 0.25) is 0 Å². The molecule has 1 saturated heterocycles. The first-order chi connectivity index (χ1) is 14.8. The molecule has 1 N–H and O–H groups in total. The second kappa shape index (κ2) is 8.36. The summed E-state index contributed by atoms with van der Waals surface area (Å²) in [5.41, 5.74) is 2.58. The first kappa shape index (κ1) is 21.4. The van der Waals surface area contributed by atoms with Crippen molar-refractivity contribution in [1.29, 1.82) is 0 Å². The first-order valence-corrected chi connectivity index (χ1v) is 11.1. The van der Waals surface area contributed by atoms with E-state index in [0.29, 0.717) is 32.4 Å². The predicted molar refractivity (Wildman–Crippen MR) is 118 cm³/mol. The molecule has 0 aliphatic carbocycles. The molecule has 7 heteroatoms. The molecule has 2 aliphatic rings. The highest BCUT2D eigenvalue weighted by Crippen LogP contribution is 2.44. The Balaban J connectivity index is 1.53. The highest BCUT2D eigenvalue weighted by atomic mass is 16.5. The van der Waals surface area contributed by atoms with Crippen LogP contribution < -0.4 is 10.1 Å². The number of benzene rings is 1. The fraction of sp³-hybridized carbons (Fsp3) is 0.542. The maximum absolute atomic E-state index is 13.1. The summed E-state index contributed by atoms with van der Waals surface area (Å²) in [6.07, 6.45) is 2.56. The van der Waals surface area contributed by atoms with Crippen LogP contribution in [0.5, 0.6) is 5.75 Å². The number of amides is 2. The van der Waals surface area contributed by atoms with Crippen molar-refractivity contribution < 1.29 is 14.3 Å². The average molecular weight is 425 g/mol. The van der Waals surface area contributed by atoms with Crippen molar-refractivity contribution in [2.75, 3.05) is 13.6 Å². The van der Waals surface area contributed by atoms with Crippen LogP contribution >= 0.6 is 0 Å². The van der Waals surface area contributed by atoms with Gasteiger partial charge in [-0.15, -0.1) is 0 Å². The van der Waals surface area contributed by atoms with Crippen LogP contribution in [0, 0.1) is 19.8 Å². The lowest BCUT2D eigenvalue weighted by atomic mass is 9.82. The number of carbonyl (C=O) groups excluding carboxylic acids is 2. The van der Waals surface area contributed by atoms with Crippen molar-refractivity contribution in [2.24, 2.45) is 5.92 Å². The molecule has 1 spiro atoms. The van der Waals surface area contributed by atoms with Gasteiger partial charge in [-0.2, -0.15) is 5.10 Å². The number of aromatic nitrogens is 2. The molecule has 1 aromatic heterocycles. The topological polar surface area (TPSA) is 76.5 Å². The predicted octanol–water partition coefficient (Wildman–Crippen LogP) is 3.16. The van der Waals surface area contributed by atoms with Crippen LogP contribution in [-0.2, 0) is 16.1 Å². The first-order valence-electron chi connectivity index (χ1n) is 11.1. The smallest absolute Gasteiger partial charge is 0.225 e. The molecule has 0 saturated carbocycles. The molecule has 4 rings (SSSR count). The Morgan fingerprint density at radius 2 is 2.10 bits per heavy atom. The number of hydrogen-bond donors (Lipinski definition) is 1. The van der Waals surface area contributed by atoms with Crippen molar-refractivity contribution in [2.45, 2.75) is 64.6 Å². The third-order valence-corrected chi connectivity index (χ3v) is 6.63. The number of rotatable bonds is 4. The summed E-state index contributed by atoms with van der Waals surface area (Å²) >= 11 is 0. The Morgan fingerprint density at radius 3 is 2.84 bits per heavy atom. The molecule has 1 aromatic carbocycles. The summed E-state index contributed by atoms with van der Waals surface area (Å²) < 4.78 is 8.37. The van der Waals surface area contributed by atoms with E-state index in [0.717, 1.165) is 29.1 Å². The van der Waals surface area contributed by atoms with Crippen LogP contribution in [0.4, 0.5) is 0 Å². The molecule has 1 fully saturated rings. The van der Waals surface area contributed by atoms with Gasteiger partial charge in [-0.25, -0.2) is 0 Å². The molecule has 2 amide bonds. The van der Waals surface area contributed by atoms with Crippen molar-refractivity contribution in [3.8, 4) is 5.75 Å². The number of likely N-dealkylation sites (tertiary alicyclic amines) is 1. The van der Waals surface area contributed by atoms with E-state index in [2.05, 4.69) is 10.4 Å². The van der Waals surface area contributed by atoms with Crippen LogP contribution in [0.3, 0.4) is 0 Å². The van der Waals surface area contributed by atoms with Gasteiger partial charge in [0, 0.05) is 44.1 Å². The van der Waals surface area contributed by atoms with Gasteiger partial charge < -0.3 is 15.0 Å². The molecule has 7 nitrogen and oxygen atoms in total. The molecule has 0 radical (unpaired) electrons. The quantitative estimate of drug-likeness (QED) is 0.818. The van der Waals surface area contributed by atoms with E-state index in [9.17, 15) is 9.59 Å². The van der Waals surface area contributed by atoms with Gasteiger partial charge in [0.25, 0.3) is 0 Å². The van der Waals surface area contributed by atoms with Gasteiger partial charge in [-0.05, 0) is 32.4 Å². The van der Waals surface area contributed by atoms with E-state index in [1.54, 1.807) is 4.90 Å². The zero-order valence-corrected chi connectivity index (χ0v) is 18.9. The Hall–Kier alpha value is -2.83. The van der Waals surface area contributed by atoms with Gasteiger partial charge in [0.05, 0.1) is 24.2 Å². The summed E-state index contributed by atoms with van der Waals surface area (Å²) in [5.74, 6) is 0.748. The Labute approximate surface area is 183 Å². The molecule has 2 aromatic rings. The summed E-state index contributed by atoms with van der Waals surface area (Å²) in [4.78, 5) is 27.1. The number of carbonyl (C=O) groups is 2. The van der Waals surface area contributed by atoms with E-state index >= 15 is 0 Å². The number of nitrogens with one attached hydrogen (secondary N) is 1. The van der Waals surface area contributed by atoms with Crippen molar-refractivity contribution in [3.63, 3.8) is 0 Å². The standard InChI is InChI=1S/C24H32N4O3/c1-16(15-28-18(3)13-17(2)26-28)23(30)25-20-14-24(10-9-22(29)27(4)12-11-24)31-21-8-6-5-7-19(20)21/h5-8,13,16,20H,9-12,14-15H2,1-4H3,(H,25,30)/t16-,20+,24+/m0/s1. The number of fused-ring (bicyclic) bond motifs is 1. The van der Waals surface area contributed by atoms with Gasteiger partial charge >= 0.3 is 0 Å². The van der Waals surface area contributed by atoms with Crippen molar-refractivity contribution >= 4 is 11.8 Å². The maximum Gasteiger partial charge on any atom is 0.225 e. The van der Waals surface area contributed by atoms with E-state index < -0.39 is 5.60 Å². The third-order valence-electron chi connectivity index (χ3n) is 6.63. The van der Waals surface area contributed by atoms with Crippen molar-refractivity contribution in [1.82, 2.24) is 20.0 Å². The zero-order chi connectivity index (χ0) is 22.2. The van der Waals surface area contributed by atoms with E-state index in [4.69, 9.17) is 4.74 Å². The summed E-state index contributed by atoms with van der Waals surface area (Å²) in [5, 5.41) is 7.77. The molecule has 3 heterocycles. The summed E-state index contributed by atoms with van der Waals surface area (Å²) in [7, 11) is 1.85. The number of aryl methyl sites for hydroxylation is 2. The molecule has 2 aliphatic heterocycles. The Bertz CT molecular complexity index is 985. The highest BCUT2D eigenvalue weighted by Gasteiger charge is 2.43. The lowest BCUT2D eigenvalue weighted by Crippen LogP contribution is -2.46.